The minimum absolute atomic E-state index is 0. The van der Waals surface area contributed by atoms with Crippen molar-refractivity contribution in [2.24, 2.45) is 0 Å². The van der Waals surface area contributed by atoms with Crippen molar-refractivity contribution in [3.05, 3.63) is 10.1 Å². The van der Waals surface area contributed by atoms with Crippen molar-refractivity contribution in [2.45, 2.75) is 0 Å². The van der Waals surface area contributed by atoms with Gasteiger partial charge in [0.2, 0.25) is 0 Å². The summed E-state index contributed by atoms with van der Waals surface area (Å²) in [5.74, 6) is 0. The Morgan fingerprint density at radius 1 is 1.80 bits per heavy atom. The first-order valence-corrected chi connectivity index (χ1v) is 0.565. The van der Waals surface area contributed by atoms with E-state index in [-0.39, 0.29) is 45.5 Å². The van der Waals surface area contributed by atoms with Crippen molar-refractivity contribution in [1.29, 1.82) is 0 Å². The molecule has 0 aromatic carbocycles. The zero-order valence-electron chi connectivity index (χ0n) is 2.42. The molecule has 0 rings (SSSR count). The molecule has 0 saturated carbocycles. The minimum atomic E-state index is -1.50. The predicted molar refractivity (Wildman–Crippen MR) is 14.5 cm³/mol. The third-order valence-corrected chi connectivity index (χ3v) is 0. The summed E-state index contributed by atoms with van der Waals surface area (Å²) in [7, 11) is 0. The molecule has 0 aromatic rings. The number of nitrogens with zero attached hydrogens (tertiary/aromatic N) is 1. The summed E-state index contributed by atoms with van der Waals surface area (Å²) in [5, 5.41) is 13.6. The van der Waals surface area contributed by atoms with E-state index in [1.54, 1.807) is 0 Å². The summed E-state index contributed by atoms with van der Waals surface area (Å²) in [5.41, 5.74) is 0. The van der Waals surface area contributed by atoms with Crippen LogP contribution in [-0.4, -0.2) is 55.8 Å². The van der Waals surface area contributed by atoms with Crippen LogP contribution in [0, 0.1) is 10.1 Å². The van der Waals surface area contributed by atoms with Gasteiger partial charge in [-0.1, -0.05) is 0 Å². The van der Waals surface area contributed by atoms with E-state index in [1.807, 2.05) is 0 Å². The molecule has 2 radical (unpaired) electrons. The molecule has 26 valence electrons. The molecular weight excluding hydrogens is 150 g/mol. The Morgan fingerprint density at radius 3 is 1.80 bits per heavy atom. The van der Waals surface area contributed by atoms with Crippen molar-refractivity contribution >= 4 is 45.5 Å². The van der Waals surface area contributed by atoms with Crippen LogP contribution in [0.3, 0.4) is 0 Å². The van der Waals surface area contributed by atoms with Gasteiger partial charge in [0.15, 0.2) is 0 Å². The van der Waals surface area contributed by atoms with Gasteiger partial charge in [-0.25, -0.2) is 0 Å². The summed E-state index contributed by atoms with van der Waals surface area (Å²) in [6.07, 6.45) is 0. The Hall–Kier alpha value is 0.681. The van der Waals surface area contributed by atoms with Gasteiger partial charge in [-0.3, -0.25) is 0 Å². The molecular formula is HNO3Sr. The maximum absolute atomic E-state index is 8.36. The van der Waals surface area contributed by atoms with Crippen LogP contribution in [0.5, 0.6) is 0 Å². The van der Waals surface area contributed by atoms with Crippen LogP contribution in [0.1, 0.15) is 0 Å². The Labute approximate surface area is 65.2 Å². The van der Waals surface area contributed by atoms with E-state index in [0.717, 1.165) is 0 Å². The molecule has 5 heavy (non-hydrogen) atoms. The molecule has 1 N–H and O–H groups in total. The fraction of sp³-hybridized carbons (Fsp3) is 0. The van der Waals surface area contributed by atoms with Gasteiger partial charge in [-0.2, -0.15) is 0 Å². The van der Waals surface area contributed by atoms with Gasteiger partial charge < -0.3 is 5.21 Å². The van der Waals surface area contributed by atoms with Gasteiger partial charge in [0.1, 0.15) is 0 Å². The molecule has 0 atom stereocenters. The maximum Gasteiger partial charge on any atom is 0.291 e. The monoisotopic (exact) mass is 151 g/mol. The molecule has 0 fully saturated rings. The second kappa shape index (κ2) is 4.68. The molecule has 0 bridgehead atoms. The van der Waals surface area contributed by atoms with Gasteiger partial charge in [0.25, 0.3) is 5.09 Å². The first-order valence-electron chi connectivity index (χ1n) is 0.565. The molecule has 0 amide bonds. The van der Waals surface area contributed by atoms with Crippen molar-refractivity contribution in [2.75, 3.05) is 0 Å². The molecule has 4 nitrogen and oxygen atoms in total. The Morgan fingerprint density at radius 2 is 1.80 bits per heavy atom. The van der Waals surface area contributed by atoms with E-state index in [4.69, 9.17) is 15.3 Å². The zero-order chi connectivity index (χ0) is 3.58. The zero-order valence-corrected chi connectivity index (χ0v) is 5.89. The topological polar surface area (TPSA) is 63.4 Å². The van der Waals surface area contributed by atoms with E-state index in [1.165, 1.54) is 0 Å². The predicted octanol–water partition coefficient (Wildman–Crippen LogP) is -0.729. The summed E-state index contributed by atoms with van der Waals surface area (Å²) < 4.78 is 0. The Kier molecular flexibility index (Phi) is 8.60. The van der Waals surface area contributed by atoms with Crippen LogP contribution >= 0.6 is 0 Å². The van der Waals surface area contributed by atoms with Crippen molar-refractivity contribution in [3.63, 3.8) is 0 Å². The normalized spacial score (nSPS) is 4.80. The van der Waals surface area contributed by atoms with Crippen LogP contribution in [0.2, 0.25) is 0 Å². The second-order valence-corrected chi connectivity index (χ2v) is 0.238. The Bertz CT molecular complexity index is 29.9. The van der Waals surface area contributed by atoms with Crippen LogP contribution < -0.4 is 0 Å². The van der Waals surface area contributed by atoms with Crippen molar-refractivity contribution < 1.29 is 10.3 Å². The number of hydrogen-bond donors (Lipinski definition) is 1. The third kappa shape index (κ3) is 72.6. The van der Waals surface area contributed by atoms with E-state index >= 15 is 0 Å². The van der Waals surface area contributed by atoms with E-state index in [0.29, 0.717) is 0 Å². The summed E-state index contributed by atoms with van der Waals surface area (Å²) in [4.78, 5) is 8.36. The van der Waals surface area contributed by atoms with E-state index < -0.39 is 5.09 Å². The molecule has 0 spiro atoms. The van der Waals surface area contributed by atoms with Gasteiger partial charge in [-0.15, -0.1) is 10.1 Å². The SMILES string of the molecule is O=[N+]([O-])O.[Sr]. The van der Waals surface area contributed by atoms with E-state index in [2.05, 4.69) is 0 Å². The largest absolute Gasteiger partial charge is 0.328 e. The smallest absolute Gasteiger partial charge is 0.291 e. The average Bonchev–Trinajstić information content (AvgIpc) is 0.811. The molecule has 0 aliphatic carbocycles. The molecule has 0 aromatic heterocycles. The first kappa shape index (κ1) is 9.19. The molecule has 0 saturated heterocycles. The quantitative estimate of drug-likeness (QED) is 0.281. The van der Waals surface area contributed by atoms with Crippen LogP contribution in [0.25, 0.3) is 0 Å². The third-order valence-electron chi connectivity index (χ3n) is 0. The fourth-order valence-corrected chi connectivity index (χ4v) is 0. The average molecular weight is 151 g/mol. The van der Waals surface area contributed by atoms with Crippen molar-refractivity contribution in [1.82, 2.24) is 0 Å². The van der Waals surface area contributed by atoms with Crippen LogP contribution in [0.15, 0.2) is 0 Å². The summed E-state index contributed by atoms with van der Waals surface area (Å²) in [6, 6.07) is 0. The standard InChI is InChI=1S/HNO3.Sr/c2-1(3)4;/h(H,2,3,4);. The van der Waals surface area contributed by atoms with Gasteiger partial charge >= 0.3 is 0 Å². The number of rotatable bonds is 0. The van der Waals surface area contributed by atoms with Gasteiger partial charge in [-0.05, 0) is 0 Å². The summed E-state index contributed by atoms with van der Waals surface area (Å²) in [6.45, 7) is 0. The molecule has 0 aliphatic rings. The second-order valence-electron chi connectivity index (χ2n) is 0.238. The van der Waals surface area contributed by atoms with Gasteiger partial charge in [0.05, 0.1) is 0 Å². The maximum atomic E-state index is 8.36. The fourth-order valence-electron chi connectivity index (χ4n) is 0. The van der Waals surface area contributed by atoms with Gasteiger partial charge in [0, 0.05) is 45.5 Å². The molecule has 0 heterocycles. The van der Waals surface area contributed by atoms with Crippen LogP contribution in [0.4, 0.5) is 0 Å². The molecule has 0 aliphatic heterocycles. The Balaban J connectivity index is 0. The van der Waals surface area contributed by atoms with Crippen molar-refractivity contribution in [3.8, 4) is 0 Å². The summed E-state index contributed by atoms with van der Waals surface area (Å²) >= 11 is 0. The molecule has 5 heteroatoms. The first-order chi connectivity index (χ1) is 1.73. The number of hydrogen-bond acceptors (Lipinski definition) is 2. The molecule has 0 unspecified atom stereocenters. The van der Waals surface area contributed by atoms with Crippen LogP contribution in [-0.2, 0) is 0 Å². The minimum Gasteiger partial charge on any atom is -0.328 e. The van der Waals surface area contributed by atoms with E-state index in [9.17, 15) is 0 Å².